The van der Waals surface area contributed by atoms with Crippen LogP contribution in [0.2, 0.25) is 0 Å². The van der Waals surface area contributed by atoms with Crippen molar-refractivity contribution in [3.05, 3.63) is 64.9 Å². The summed E-state index contributed by atoms with van der Waals surface area (Å²) in [5, 5.41) is 10.2. The Morgan fingerprint density at radius 3 is 2.68 bits per heavy atom. The van der Waals surface area contributed by atoms with Gasteiger partial charge in [0.2, 0.25) is 0 Å². The van der Waals surface area contributed by atoms with Crippen molar-refractivity contribution >= 4 is 16.6 Å². The highest BCUT2D eigenvalue weighted by molar-refractivity contribution is 5.92. The van der Waals surface area contributed by atoms with Crippen LogP contribution in [-0.4, -0.2) is 18.1 Å². The summed E-state index contributed by atoms with van der Waals surface area (Å²) in [5.41, 5.74) is 3.60. The molecule has 142 valence electrons. The topological polar surface area (TPSA) is 49.1 Å². The zero-order valence-corrected chi connectivity index (χ0v) is 15.5. The minimum Gasteiger partial charge on any atom is -0.484 e. The summed E-state index contributed by atoms with van der Waals surface area (Å²) in [7, 11) is 0. The highest BCUT2D eigenvalue weighted by Gasteiger charge is 2.17. The number of hydrogen-bond acceptors (Lipinski definition) is 4. The molecule has 0 bridgehead atoms. The predicted molar refractivity (Wildman–Crippen MR) is 103 cm³/mol. The maximum atomic E-state index is 14.0. The van der Waals surface area contributed by atoms with E-state index in [-0.39, 0.29) is 17.9 Å². The standard InChI is InChI=1S/C22H19F2N3O/c1-14-8-21(27-6-2-3-7-27)18-5-4-15(9-20(18)26-14)13-28-22-16(12-25)10-17(23)11-19(22)24/h4-5,8-11H,2-3,6-7,13H2,1H3. The van der Waals surface area contributed by atoms with Gasteiger partial charge in [-0.15, -0.1) is 0 Å². The molecule has 3 aromatic rings. The monoisotopic (exact) mass is 379 g/mol. The minimum atomic E-state index is -0.886. The third-order valence-electron chi connectivity index (χ3n) is 4.94. The van der Waals surface area contributed by atoms with Crippen LogP contribution in [0.25, 0.3) is 10.9 Å². The number of rotatable bonds is 4. The van der Waals surface area contributed by atoms with Gasteiger partial charge in [-0.2, -0.15) is 5.26 Å². The fourth-order valence-corrected chi connectivity index (χ4v) is 3.64. The number of fused-ring (bicyclic) bond motifs is 1. The Morgan fingerprint density at radius 2 is 1.93 bits per heavy atom. The largest absolute Gasteiger partial charge is 0.484 e. The molecular formula is C22H19F2N3O. The molecule has 0 unspecified atom stereocenters. The number of anilines is 1. The van der Waals surface area contributed by atoms with Crippen molar-refractivity contribution in [3.63, 3.8) is 0 Å². The first-order chi connectivity index (χ1) is 13.5. The van der Waals surface area contributed by atoms with E-state index in [0.717, 1.165) is 41.3 Å². The van der Waals surface area contributed by atoms with E-state index in [1.165, 1.54) is 18.5 Å². The maximum absolute atomic E-state index is 14.0. The van der Waals surface area contributed by atoms with Crippen LogP contribution in [-0.2, 0) is 6.61 Å². The highest BCUT2D eigenvalue weighted by Crippen LogP contribution is 2.31. The van der Waals surface area contributed by atoms with Crippen molar-refractivity contribution in [1.82, 2.24) is 4.98 Å². The van der Waals surface area contributed by atoms with Crippen LogP contribution < -0.4 is 9.64 Å². The highest BCUT2D eigenvalue weighted by atomic mass is 19.1. The molecule has 28 heavy (non-hydrogen) atoms. The smallest absolute Gasteiger partial charge is 0.173 e. The number of nitriles is 1. The molecule has 0 amide bonds. The van der Waals surface area contributed by atoms with Crippen LogP contribution in [0, 0.1) is 29.9 Å². The molecule has 0 saturated carbocycles. The van der Waals surface area contributed by atoms with Gasteiger partial charge in [0.15, 0.2) is 11.6 Å². The average molecular weight is 379 g/mol. The van der Waals surface area contributed by atoms with Crippen molar-refractivity contribution in [2.24, 2.45) is 0 Å². The zero-order chi connectivity index (χ0) is 19.7. The van der Waals surface area contributed by atoms with Crippen molar-refractivity contribution in [1.29, 1.82) is 5.26 Å². The average Bonchev–Trinajstić information content (AvgIpc) is 3.20. The number of hydrogen-bond donors (Lipinski definition) is 0. The summed E-state index contributed by atoms with van der Waals surface area (Å²) in [6, 6.07) is 11.4. The van der Waals surface area contributed by atoms with Crippen LogP contribution in [0.15, 0.2) is 36.4 Å². The summed E-state index contributed by atoms with van der Waals surface area (Å²) >= 11 is 0. The van der Waals surface area contributed by atoms with Gasteiger partial charge in [-0.25, -0.2) is 8.78 Å². The molecule has 1 aliphatic rings. The van der Waals surface area contributed by atoms with Gasteiger partial charge in [-0.1, -0.05) is 12.1 Å². The molecule has 0 atom stereocenters. The molecule has 0 aliphatic carbocycles. The first-order valence-corrected chi connectivity index (χ1v) is 9.22. The molecule has 1 aromatic heterocycles. The molecule has 0 N–H and O–H groups in total. The minimum absolute atomic E-state index is 0.0574. The Balaban J connectivity index is 1.63. The van der Waals surface area contributed by atoms with E-state index in [0.29, 0.717) is 6.07 Å². The molecule has 0 spiro atoms. The number of aryl methyl sites for hydroxylation is 1. The van der Waals surface area contributed by atoms with Gasteiger partial charge in [0.05, 0.1) is 11.1 Å². The van der Waals surface area contributed by atoms with Gasteiger partial charge in [0.1, 0.15) is 18.5 Å². The van der Waals surface area contributed by atoms with Crippen LogP contribution in [0.1, 0.15) is 29.7 Å². The summed E-state index contributed by atoms with van der Waals surface area (Å²) in [6.45, 7) is 4.12. The molecule has 6 heteroatoms. The number of benzene rings is 2. The van der Waals surface area contributed by atoms with Crippen LogP contribution >= 0.6 is 0 Å². The van der Waals surface area contributed by atoms with Gasteiger partial charge >= 0.3 is 0 Å². The fraction of sp³-hybridized carbons (Fsp3) is 0.273. The number of pyridine rings is 1. The Kier molecular flexibility index (Phi) is 4.82. The van der Waals surface area contributed by atoms with E-state index < -0.39 is 11.6 Å². The van der Waals surface area contributed by atoms with E-state index in [9.17, 15) is 8.78 Å². The molecule has 4 nitrogen and oxygen atoms in total. The lowest BCUT2D eigenvalue weighted by Gasteiger charge is -2.20. The number of aromatic nitrogens is 1. The lowest BCUT2D eigenvalue weighted by molar-refractivity contribution is 0.288. The second-order valence-corrected chi connectivity index (χ2v) is 6.99. The first kappa shape index (κ1) is 18.2. The number of nitrogens with zero attached hydrogens (tertiary/aromatic N) is 3. The maximum Gasteiger partial charge on any atom is 0.173 e. The Hall–Kier alpha value is -3.20. The van der Waals surface area contributed by atoms with Gasteiger partial charge in [-0.3, -0.25) is 4.98 Å². The van der Waals surface area contributed by atoms with Crippen LogP contribution in [0.4, 0.5) is 14.5 Å². The molecule has 1 fully saturated rings. The molecule has 2 heterocycles. The zero-order valence-electron chi connectivity index (χ0n) is 15.5. The van der Waals surface area contributed by atoms with Crippen molar-refractivity contribution in [2.75, 3.05) is 18.0 Å². The van der Waals surface area contributed by atoms with E-state index in [1.54, 1.807) is 6.07 Å². The summed E-state index contributed by atoms with van der Waals surface area (Å²) in [5.74, 6) is -1.93. The molecule has 1 aliphatic heterocycles. The number of halogens is 2. The van der Waals surface area contributed by atoms with Gasteiger partial charge in [0, 0.05) is 35.9 Å². The molecule has 4 rings (SSSR count). The Morgan fingerprint density at radius 1 is 1.14 bits per heavy atom. The van der Waals surface area contributed by atoms with E-state index in [4.69, 9.17) is 10.00 Å². The van der Waals surface area contributed by atoms with E-state index >= 15 is 0 Å². The molecule has 2 aromatic carbocycles. The third kappa shape index (κ3) is 3.48. The van der Waals surface area contributed by atoms with Crippen molar-refractivity contribution < 1.29 is 13.5 Å². The summed E-state index contributed by atoms with van der Waals surface area (Å²) in [4.78, 5) is 7.00. The normalized spacial score (nSPS) is 13.7. The Bertz CT molecular complexity index is 1090. The van der Waals surface area contributed by atoms with E-state index in [1.807, 2.05) is 25.1 Å². The van der Waals surface area contributed by atoms with Gasteiger partial charge in [-0.05, 0) is 43.5 Å². The summed E-state index contributed by atoms with van der Waals surface area (Å²) < 4.78 is 32.8. The number of ether oxygens (including phenoxy) is 1. The van der Waals surface area contributed by atoms with Gasteiger partial charge in [0.25, 0.3) is 0 Å². The van der Waals surface area contributed by atoms with Crippen LogP contribution in [0.5, 0.6) is 5.75 Å². The van der Waals surface area contributed by atoms with Crippen LogP contribution in [0.3, 0.4) is 0 Å². The Labute approximate surface area is 162 Å². The lowest BCUT2D eigenvalue weighted by Crippen LogP contribution is -2.18. The fourth-order valence-electron chi connectivity index (χ4n) is 3.64. The first-order valence-electron chi connectivity index (χ1n) is 9.22. The van der Waals surface area contributed by atoms with Gasteiger partial charge < -0.3 is 9.64 Å². The van der Waals surface area contributed by atoms with Crippen molar-refractivity contribution in [3.8, 4) is 11.8 Å². The molecule has 1 saturated heterocycles. The quantitative estimate of drug-likeness (QED) is 0.649. The second-order valence-electron chi connectivity index (χ2n) is 6.99. The molecular weight excluding hydrogens is 360 g/mol. The third-order valence-corrected chi connectivity index (χ3v) is 4.94. The SMILES string of the molecule is Cc1cc(N2CCCC2)c2ccc(COc3c(F)cc(F)cc3C#N)cc2n1. The predicted octanol–water partition coefficient (Wildman–Crippen LogP) is 4.87. The van der Waals surface area contributed by atoms with E-state index in [2.05, 4.69) is 16.0 Å². The van der Waals surface area contributed by atoms with Crippen molar-refractivity contribution in [2.45, 2.75) is 26.4 Å². The summed E-state index contributed by atoms with van der Waals surface area (Å²) in [6.07, 6.45) is 2.39. The lowest BCUT2D eigenvalue weighted by atomic mass is 10.1. The second kappa shape index (κ2) is 7.43. The molecule has 0 radical (unpaired) electrons.